The first-order valence-electron chi connectivity index (χ1n) is 10.4. The molecule has 0 bridgehead atoms. The van der Waals surface area contributed by atoms with Gasteiger partial charge in [-0.1, -0.05) is 32.1 Å². The molecule has 0 aromatic carbocycles. The Kier molecular flexibility index (Phi) is 5.37. The van der Waals surface area contributed by atoms with E-state index in [4.69, 9.17) is 4.42 Å². The number of aromatic nitrogens is 2. The first-order valence-corrected chi connectivity index (χ1v) is 10.4. The Balaban J connectivity index is 1.32. The molecule has 3 saturated carbocycles. The van der Waals surface area contributed by atoms with Gasteiger partial charge in [-0.3, -0.25) is 4.79 Å². The van der Waals surface area contributed by atoms with Crippen molar-refractivity contribution in [2.24, 2.45) is 5.92 Å². The van der Waals surface area contributed by atoms with Crippen molar-refractivity contribution in [2.75, 3.05) is 6.54 Å². The summed E-state index contributed by atoms with van der Waals surface area (Å²) >= 11 is 0. The molecule has 1 aromatic rings. The SMILES string of the molecule is O=C(CCc1nnc(C2CCCC2)o1)N(CC1CC1)C1CCCCC1. The van der Waals surface area contributed by atoms with Gasteiger partial charge in [0.25, 0.3) is 0 Å². The van der Waals surface area contributed by atoms with Crippen LogP contribution in [-0.2, 0) is 11.2 Å². The van der Waals surface area contributed by atoms with Crippen LogP contribution in [0.4, 0.5) is 0 Å². The summed E-state index contributed by atoms with van der Waals surface area (Å²) in [4.78, 5) is 15.1. The monoisotopic (exact) mass is 345 g/mol. The quantitative estimate of drug-likeness (QED) is 0.742. The molecule has 1 aromatic heterocycles. The number of hydrogen-bond donors (Lipinski definition) is 0. The summed E-state index contributed by atoms with van der Waals surface area (Å²) in [5.41, 5.74) is 0. The van der Waals surface area contributed by atoms with Crippen molar-refractivity contribution < 1.29 is 9.21 Å². The van der Waals surface area contributed by atoms with Crippen molar-refractivity contribution >= 4 is 5.91 Å². The van der Waals surface area contributed by atoms with Crippen LogP contribution < -0.4 is 0 Å². The van der Waals surface area contributed by atoms with Gasteiger partial charge in [0.2, 0.25) is 17.7 Å². The van der Waals surface area contributed by atoms with Gasteiger partial charge in [0, 0.05) is 31.3 Å². The van der Waals surface area contributed by atoms with Crippen LogP contribution in [0.2, 0.25) is 0 Å². The molecule has 25 heavy (non-hydrogen) atoms. The molecule has 0 N–H and O–H groups in total. The summed E-state index contributed by atoms with van der Waals surface area (Å²) in [6.45, 7) is 0.973. The topological polar surface area (TPSA) is 59.2 Å². The number of nitrogens with zero attached hydrogens (tertiary/aromatic N) is 3. The van der Waals surface area contributed by atoms with Crippen LogP contribution in [0.5, 0.6) is 0 Å². The zero-order valence-electron chi connectivity index (χ0n) is 15.3. The fraction of sp³-hybridized carbons (Fsp3) is 0.850. The number of rotatable bonds is 7. The molecule has 5 nitrogen and oxygen atoms in total. The molecule has 138 valence electrons. The molecule has 4 rings (SSSR count). The Morgan fingerprint density at radius 1 is 0.960 bits per heavy atom. The van der Waals surface area contributed by atoms with Gasteiger partial charge in [0.15, 0.2) is 0 Å². The molecule has 3 aliphatic carbocycles. The van der Waals surface area contributed by atoms with Crippen molar-refractivity contribution in [3.05, 3.63) is 11.8 Å². The molecule has 0 aliphatic heterocycles. The number of carbonyl (C=O) groups excluding carboxylic acids is 1. The average molecular weight is 345 g/mol. The zero-order chi connectivity index (χ0) is 17.1. The molecule has 3 fully saturated rings. The van der Waals surface area contributed by atoms with Gasteiger partial charge in [0.1, 0.15) is 0 Å². The first kappa shape index (κ1) is 17.0. The highest BCUT2D eigenvalue weighted by Gasteiger charge is 2.32. The fourth-order valence-electron chi connectivity index (χ4n) is 4.49. The van der Waals surface area contributed by atoms with E-state index in [1.54, 1.807) is 0 Å². The Hall–Kier alpha value is -1.39. The van der Waals surface area contributed by atoms with Crippen molar-refractivity contribution in [2.45, 2.75) is 95.4 Å². The second-order valence-corrected chi connectivity index (χ2v) is 8.30. The first-order chi connectivity index (χ1) is 12.3. The maximum absolute atomic E-state index is 12.9. The van der Waals surface area contributed by atoms with Gasteiger partial charge in [-0.2, -0.15) is 0 Å². The van der Waals surface area contributed by atoms with E-state index in [1.165, 1.54) is 57.8 Å². The van der Waals surface area contributed by atoms with E-state index in [1.807, 2.05) is 0 Å². The van der Waals surface area contributed by atoms with E-state index >= 15 is 0 Å². The molecule has 0 radical (unpaired) electrons. The second kappa shape index (κ2) is 7.88. The summed E-state index contributed by atoms with van der Waals surface area (Å²) < 4.78 is 5.84. The molecule has 3 aliphatic rings. The van der Waals surface area contributed by atoms with Crippen LogP contribution in [0, 0.1) is 5.92 Å². The number of carbonyl (C=O) groups is 1. The van der Waals surface area contributed by atoms with Gasteiger partial charge in [0.05, 0.1) is 0 Å². The molecule has 1 amide bonds. The number of hydrogen-bond acceptors (Lipinski definition) is 4. The van der Waals surface area contributed by atoms with E-state index in [2.05, 4.69) is 15.1 Å². The minimum Gasteiger partial charge on any atom is -0.425 e. The maximum atomic E-state index is 12.9. The normalized spacial score (nSPS) is 22.4. The fourth-order valence-corrected chi connectivity index (χ4v) is 4.49. The highest BCUT2D eigenvalue weighted by atomic mass is 16.4. The van der Waals surface area contributed by atoms with Crippen LogP contribution in [0.1, 0.15) is 94.7 Å². The Bertz CT molecular complexity index is 569. The van der Waals surface area contributed by atoms with Crippen molar-refractivity contribution in [3.63, 3.8) is 0 Å². The smallest absolute Gasteiger partial charge is 0.223 e. The maximum Gasteiger partial charge on any atom is 0.223 e. The zero-order valence-corrected chi connectivity index (χ0v) is 15.3. The van der Waals surface area contributed by atoms with E-state index in [0.717, 1.165) is 31.2 Å². The van der Waals surface area contributed by atoms with E-state index in [9.17, 15) is 4.79 Å². The van der Waals surface area contributed by atoms with E-state index in [0.29, 0.717) is 36.6 Å². The molecule has 1 heterocycles. The molecule has 0 unspecified atom stereocenters. The third kappa shape index (κ3) is 4.42. The predicted octanol–water partition coefficient (Wildman–Crippen LogP) is 4.23. The number of amides is 1. The molecule has 0 spiro atoms. The lowest BCUT2D eigenvalue weighted by molar-refractivity contribution is -0.134. The second-order valence-electron chi connectivity index (χ2n) is 8.30. The third-order valence-corrected chi connectivity index (χ3v) is 6.23. The summed E-state index contributed by atoms with van der Waals surface area (Å²) in [5, 5.41) is 8.42. The lowest BCUT2D eigenvalue weighted by Gasteiger charge is -2.34. The predicted molar refractivity (Wildman–Crippen MR) is 95.1 cm³/mol. The van der Waals surface area contributed by atoms with Crippen molar-refractivity contribution in [3.8, 4) is 0 Å². The summed E-state index contributed by atoms with van der Waals surface area (Å²) in [6.07, 6.45) is 14.8. The molecular weight excluding hydrogens is 314 g/mol. The highest BCUT2D eigenvalue weighted by molar-refractivity contribution is 5.76. The minimum absolute atomic E-state index is 0.291. The van der Waals surface area contributed by atoms with Crippen LogP contribution >= 0.6 is 0 Å². The molecule has 0 saturated heterocycles. The Labute approximate surface area is 150 Å². The number of aryl methyl sites for hydroxylation is 1. The van der Waals surface area contributed by atoms with Crippen LogP contribution in [0.25, 0.3) is 0 Å². The average Bonchev–Trinajstić information content (AvgIpc) is 3.11. The lowest BCUT2D eigenvalue weighted by atomic mass is 9.93. The van der Waals surface area contributed by atoms with E-state index in [-0.39, 0.29) is 0 Å². The van der Waals surface area contributed by atoms with Gasteiger partial charge in [-0.15, -0.1) is 10.2 Å². The largest absolute Gasteiger partial charge is 0.425 e. The molecule has 5 heteroatoms. The Morgan fingerprint density at radius 2 is 1.68 bits per heavy atom. The summed E-state index contributed by atoms with van der Waals surface area (Å²) in [6, 6.07) is 0.471. The Morgan fingerprint density at radius 3 is 2.40 bits per heavy atom. The highest BCUT2D eigenvalue weighted by Crippen LogP contribution is 2.34. The van der Waals surface area contributed by atoms with Gasteiger partial charge >= 0.3 is 0 Å². The van der Waals surface area contributed by atoms with Crippen molar-refractivity contribution in [1.29, 1.82) is 0 Å². The van der Waals surface area contributed by atoms with Crippen LogP contribution in [0.15, 0.2) is 4.42 Å². The minimum atomic E-state index is 0.291. The van der Waals surface area contributed by atoms with Gasteiger partial charge in [-0.05, 0) is 44.4 Å². The van der Waals surface area contributed by atoms with Gasteiger partial charge in [-0.25, -0.2) is 0 Å². The van der Waals surface area contributed by atoms with Crippen LogP contribution in [0.3, 0.4) is 0 Å². The van der Waals surface area contributed by atoms with Gasteiger partial charge < -0.3 is 9.32 Å². The summed E-state index contributed by atoms with van der Waals surface area (Å²) in [7, 11) is 0. The molecular formula is C20H31N3O2. The van der Waals surface area contributed by atoms with Crippen molar-refractivity contribution in [1.82, 2.24) is 15.1 Å². The standard InChI is InChI=1S/C20H31N3O2/c24-19(23(14-15-10-11-15)17-8-2-1-3-9-17)13-12-18-21-22-20(25-18)16-6-4-5-7-16/h15-17H,1-14H2. The molecule has 0 atom stereocenters. The third-order valence-electron chi connectivity index (χ3n) is 6.23. The van der Waals surface area contributed by atoms with E-state index < -0.39 is 0 Å². The summed E-state index contributed by atoms with van der Waals surface area (Å²) in [5.74, 6) is 2.93. The lowest BCUT2D eigenvalue weighted by Crippen LogP contribution is -2.42. The van der Waals surface area contributed by atoms with Crippen LogP contribution in [-0.4, -0.2) is 33.6 Å².